The van der Waals surface area contributed by atoms with Gasteiger partial charge in [-0.1, -0.05) is 32.9 Å². The molecule has 1 N–H and O–H groups in total. The van der Waals surface area contributed by atoms with Gasteiger partial charge in [0.05, 0.1) is 11.5 Å². The number of sulfonamides is 1. The SMILES string of the molecule is CCOC(=O)CNS(=O)(=O)c1ccc(C(C)(C)C)cc1. The van der Waals surface area contributed by atoms with Crippen molar-refractivity contribution in [1.29, 1.82) is 0 Å². The average molecular weight is 299 g/mol. The minimum absolute atomic E-state index is 0.0410. The van der Waals surface area contributed by atoms with Gasteiger partial charge in [0.2, 0.25) is 10.0 Å². The van der Waals surface area contributed by atoms with Gasteiger partial charge in [0, 0.05) is 0 Å². The summed E-state index contributed by atoms with van der Waals surface area (Å²) in [5, 5.41) is 0. The molecule has 112 valence electrons. The maximum Gasteiger partial charge on any atom is 0.321 e. The van der Waals surface area contributed by atoms with E-state index >= 15 is 0 Å². The highest BCUT2D eigenvalue weighted by Gasteiger charge is 2.18. The molecule has 0 radical (unpaired) electrons. The molecule has 0 atom stereocenters. The van der Waals surface area contributed by atoms with Crippen LogP contribution in [0.1, 0.15) is 33.3 Å². The van der Waals surface area contributed by atoms with Gasteiger partial charge < -0.3 is 4.74 Å². The highest BCUT2D eigenvalue weighted by Crippen LogP contribution is 2.23. The third-order valence-electron chi connectivity index (χ3n) is 2.74. The fourth-order valence-corrected chi connectivity index (χ4v) is 2.55. The minimum Gasteiger partial charge on any atom is -0.465 e. The second kappa shape index (κ2) is 6.37. The van der Waals surface area contributed by atoms with Crippen LogP contribution < -0.4 is 4.72 Å². The first-order valence-corrected chi connectivity index (χ1v) is 7.91. The zero-order valence-electron chi connectivity index (χ0n) is 12.3. The van der Waals surface area contributed by atoms with E-state index in [0.29, 0.717) is 0 Å². The monoisotopic (exact) mass is 299 g/mol. The number of hydrogen-bond donors (Lipinski definition) is 1. The highest BCUT2D eigenvalue weighted by atomic mass is 32.2. The van der Waals surface area contributed by atoms with Crippen molar-refractivity contribution in [1.82, 2.24) is 4.72 Å². The number of carbonyl (C=O) groups excluding carboxylic acids is 1. The molecule has 0 heterocycles. The van der Waals surface area contributed by atoms with Gasteiger partial charge in [-0.05, 0) is 30.0 Å². The number of benzene rings is 1. The normalized spacial score (nSPS) is 12.2. The summed E-state index contributed by atoms with van der Waals surface area (Å²) in [6, 6.07) is 6.62. The zero-order chi connectivity index (χ0) is 15.4. The van der Waals surface area contributed by atoms with E-state index in [1.165, 1.54) is 12.1 Å². The Hall–Kier alpha value is -1.40. The van der Waals surface area contributed by atoms with Crippen LogP contribution in [0.2, 0.25) is 0 Å². The Labute approximate surface area is 120 Å². The summed E-state index contributed by atoms with van der Waals surface area (Å²) in [5.41, 5.74) is 1.00. The van der Waals surface area contributed by atoms with Crippen LogP contribution in [0.25, 0.3) is 0 Å². The van der Waals surface area contributed by atoms with Crippen LogP contribution in [0.5, 0.6) is 0 Å². The largest absolute Gasteiger partial charge is 0.465 e. The third kappa shape index (κ3) is 4.61. The van der Waals surface area contributed by atoms with E-state index in [4.69, 9.17) is 0 Å². The van der Waals surface area contributed by atoms with E-state index in [1.54, 1.807) is 19.1 Å². The summed E-state index contributed by atoms with van der Waals surface area (Å²) >= 11 is 0. The maximum absolute atomic E-state index is 12.0. The Bertz CT molecular complexity index is 556. The van der Waals surface area contributed by atoms with Crippen LogP contribution in [0, 0.1) is 0 Å². The molecular formula is C14H21NO4S. The molecule has 0 saturated carbocycles. The fraction of sp³-hybridized carbons (Fsp3) is 0.500. The molecule has 0 saturated heterocycles. The van der Waals surface area contributed by atoms with Gasteiger partial charge in [-0.15, -0.1) is 0 Å². The zero-order valence-corrected chi connectivity index (χ0v) is 13.1. The number of carbonyl (C=O) groups is 1. The smallest absolute Gasteiger partial charge is 0.321 e. The Morgan fingerprint density at radius 2 is 1.75 bits per heavy atom. The Kier molecular flexibility index (Phi) is 5.30. The van der Waals surface area contributed by atoms with Crippen molar-refractivity contribution in [2.45, 2.75) is 38.0 Å². The van der Waals surface area contributed by atoms with E-state index in [9.17, 15) is 13.2 Å². The van der Waals surface area contributed by atoms with Gasteiger partial charge in [-0.2, -0.15) is 4.72 Å². The quantitative estimate of drug-likeness (QED) is 0.842. The molecule has 1 aromatic rings. The van der Waals surface area contributed by atoms with Crippen molar-refractivity contribution in [2.75, 3.05) is 13.2 Å². The summed E-state index contributed by atoms with van der Waals surface area (Å²) in [6.45, 7) is 7.68. The maximum atomic E-state index is 12.0. The lowest BCUT2D eigenvalue weighted by molar-refractivity contribution is -0.141. The summed E-state index contributed by atoms with van der Waals surface area (Å²) < 4.78 is 30.9. The van der Waals surface area contributed by atoms with Crippen molar-refractivity contribution < 1.29 is 17.9 Å². The molecule has 0 aromatic heterocycles. The number of nitrogens with one attached hydrogen (secondary N) is 1. The lowest BCUT2D eigenvalue weighted by Crippen LogP contribution is -2.30. The summed E-state index contributed by atoms with van der Waals surface area (Å²) in [7, 11) is -3.69. The molecule has 0 aliphatic heterocycles. The van der Waals surface area contributed by atoms with Crippen molar-refractivity contribution in [3.63, 3.8) is 0 Å². The number of hydrogen-bond acceptors (Lipinski definition) is 4. The second-order valence-corrected chi connectivity index (χ2v) is 7.17. The van der Waals surface area contributed by atoms with Crippen LogP contribution in [0.3, 0.4) is 0 Å². The topological polar surface area (TPSA) is 72.5 Å². The van der Waals surface area contributed by atoms with Gasteiger partial charge in [0.25, 0.3) is 0 Å². The third-order valence-corrected chi connectivity index (χ3v) is 4.16. The first kappa shape index (κ1) is 16.7. The van der Waals surface area contributed by atoms with Gasteiger partial charge >= 0.3 is 5.97 Å². The van der Waals surface area contributed by atoms with Crippen LogP contribution in [0.4, 0.5) is 0 Å². The first-order valence-electron chi connectivity index (χ1n) is 6.42. The van der Waals surface area contributed by atoms with Crippen LogP contribution in [-0.4, -0.2) is 27.5 Å². The van der Waals surface area contributed by atoms with Crippen LogP contribution >= 0.6 is 0 Å². The van der Waals surface area contributed by atoms with Gasteiger partial charge in [0.15, 0.2) is 0 Å². The number of rotatable bonds is 5. The van der Waals surface area contributed by atoms with Crippen molar-refractivity contribution in [3.05, 3.63) is 29.8 Å². The van der Waals surface area contributed by atoms with E-state index < -0.39 is 16.0 Å². The highest BCUT2D eigenvalue weighted by molar-refractivity contribution is 7.89. The molecule has 6 heteroatoms. The summed E-state index contributed by atoms with van der Waals surface area (Å²) in [6.07, 6.45) is 0. The number of esters is 1. The van der Waals surface area contributed by atoms with E-state index in [-0.39, 0.29) is 23.5 Å². The van der Waals surface area contributed by atoms with E-state index in [2.05, 4.69) is 30.2 Å². The standard InChI is InChI=1S/C14H21NO4S/c1-5-19-13(16)10-15-20(17,18)12-8-6-11(7-9-12)14(2,3)4/h6-9,15H,5,10H2,1-4H3. The molecule has 0 bridgehead atoms. The van der Waals surface area contributed by atoms with Crippen molar-refractivity contribution >= 4 is 16.0 Å². The molecule has 0 fully saturated rings. The second-order valence-electron chi connectivity index (χ2n) is 5.40. The van der Waals surface area contributed by atoms with Gasteiger partial charge in [0.1, 0.15) is 6.54 Å². The molecule has 5 nitrogen and oxygen atoms in total. The molecule has 20 heavy (non-hydrogen) atoms. The number of ether oxygens (including phenoxy) is 1. The Balaban J connectivity index is 2.81. The van der Waals surface area contributed by atoms with E-state index in [0.717, 1.165) is 5.56 Å². The molecular weight excluding hydrogens is 278 g/mol. The molecule has 0 spiro atoms. The lowest BCUT2D eigenvalue weighted by Gasteiger charge is -2.19. The summed E-state index contributed by atoms with van der Waals surface area (Å²) in [4.78, 5) is 11.3. The van der Waals surface area contributed by atoms with E-state index in [1.807, 2.05) is 0 Å². The molecule has 1 aromatic carbocycles. The molecule has 1 rings (SSSR count). The van der Waals surface area contributed by atoms with Crippen LogP contribution in [0.15, 0.2) is 29.2 Å². The van der Waals surface area contributed by atoms with Gasteiger partial charge in [-0.25, -0.2) is 8.42 Å². The van der Waals surface area contributed by atoms with Crippen molar-refractivity contribution in [2.24, 2.45) is 0 Å². The molecule has 0 aliphatic rings. The Morgan fingerprint density at radius 3 is 2.20 bits per heavy atom. The summed E-state index contributed by atoms with van der Waals surface area (Å²) in [5.74, 6) is -0.595. The predicted octanol–water partition coefficient (Wildman–Crippen LogP) is 1.83. The van der Waals surface area contributed by atoms with Crippen LogP contribution in [-0.2, 0) is 25.0 Å². The van der Waals surface area contributed by atoms with Crippen molar-refractivity contribution in [3.8, 4) is 0 Å². The molecule has 0 amide bonds. The minimum atomic E-state index is -3.69. The lowest BCUT2D eigenvalue weighted by atomic mass is 9.87. The van der Waals surface area contributed by atoms with Gasteiger partial charge in [-0.3, -0.25) is 4.79 Å². The average Bonchev–Trinajstić information content (AvgIpc) is 2.36. The predicted molar refractivity (Wildman–Crippen MR) is 77.0 cm³/mol. The molecule has 0 aliphatic carbocycles. The fourth-order valence-electron chi connectivity index (χ4n) is 1.58. The molecule has 0 unspecified atom stereocenters. The Morgan fingerprint density at radius 1 is 1.20 bits per heavy atom. The first-order chi connectivity index (χ1) is 9.16.